The normalized spacial score (nSPS) is 22.7. The van der Waals surface area contributed by atoms with Crippen LogP contribution in [0.25, 0.3) is 0 Å². The molecule has 0 radical (unpaired) electrons. The lowest BCUT2D eigenvalue weighted by molar-refractivity contribution is -0.118. The van der Waals surface area contributed by atoms with E-state index in [4.69, 9.17) is 0 Å². The summed E-state index contributed by atoms with van der Waals surface area (Å²) in [4.78, 5) is 13.3. The van der Waals surface area contributed by atoms with Gasteiger partial charge in [0.05, 0.1) is 0 Å². The van der Waals surface area contributed by atoms with Crippen molar-refractivity contribution in [3.05, 3.63) is 0 Å². The summed E-state index contributed by atoms with van der Waals surface area (Å²) in [5.41, 5.74) is 0. The zero-order valence-corrected chi connectivity index (χ0v) is 10.1. The highest BCUT2D eigenvalue weighted by Crippen LogP contribution is 2.19. The molecule has 1 aliphatic heterocycles. The van der Waals surface area contributed by atoms with Crippen LogP contribution in [0.1, 0.15) is 46.0 Å². The van der Waals surface area contributed by atoms with Gasteiger partial charge in [-0.05, 0) is 32.2 Å². The Morgan fingerprint density at radius 3 is 2.93 bits per heavy atom. The number of nitrogens with zero attached hydrogens (tertiary/aromatic N) is 1. The van der Waals surface area contributed by atoms with E-state index in [1.54, 1.807) is 6.92 Å². The largest absolute Gasteiger partial charge is 0.356 e. The summed E-state index contributed by atoms with van der Waals surface area (Å²) in [6, 6.07) is 0.788. The Morgan fingerprint density at radius 2 is 2.27 bits per heavy atom. The Labute approximate surface area is 93.2 Å². The first-order valence-corrected chi connectivity index (χ1v) is 6.22. The minimum Gasteiger partial charge on any atom is -0.356 e. The molecule has 1 fully saturated rings. The summed E-state index contributed by atoms with van der Waals surface area (Å²) in [7, 11) is 0. The number of rotatable bonds is 5. The Morgan fingerprint density at radius 1 is 1.47 bits per heavy atom. The first-order chi connectivity index (χ1) is 7.24. The van der Waals surface area contributed by atoms with Crippen molar-refractivity contribution in [2.24, 2.45) is 0 Å². The van der Waals surface area contributed by atoms with Crippen LogP contribution in [0.15, 0.2) is 0 Å². The summed E-state index contributed by atoms with van der Waals surface area (Å²) >= 11 is 0. The van der Waals surface area contributed by atoms with Crippen LogP contribution in [-0.4, -0.2) is 36.5 Å². The average Bonchev–Trinajstić information content (AvgIpc) is 2.24. The highest BCUT2D eigenvalue weighted by molar-refractivity contribution is 5.72. The van der Waals surface area contributed by atoms with Crippen LogP contribution in [0.5, 0.6) is 0 Å². The fraction of sp³-hybridized carbons (Fsp3) is 0.917. The van der Waals surface area contributed by atoms with Crippen molar-refractivity contribution >= 4 is 5.91 Å². The lowest BCUT2D eigenvalue weighted by atomic mass is 10.00. The summed E-state index contributed by atoms with van der Waals surface area (Å²) in [5, 5.41) is 2.85. The van der Waals surface area contributed by atoms with Crippen LogP contribution in [0.4, 0.5) is 0 Å². The van der Waals surface area contributed by atoms with Crippen molar-refractivity contribution in [3.8, 4) is 0 Å². The third-order valence-corrected chi connectivity index (χ3v) is 3.22. The summed E-state index contributed by atoms with van der Waals surface area (Å²) in [5.74, 6) is 0.0840. The zero-order valence-electron chi connectivity index (χ0n) is 10.1. The van der Waals surface area contributed by atoms with Gasteiger partial charge < -0.3 is 10.2 Å². The molecule has 88 valence electrons. The third kappa shape index (κ3) is 4.65. The molecule has 0 aliphatic carbocycles. The molecule has 1 saturated heterocycles. The van der Waals surface area contributed by atoms with E-state index in [1.807, 2.05) is 0 Å². The molecule has 0 saturated carbocycles. The average molecular weight is 212 g/mol. The quantitative estimate of drug-likeness (QED) is 0.705. The topological polar surface area (TPSA) is 32.3 Å². The number of hydrogen-bond donors (Lipinski definition) is 1. The second kappa shape index (κ2) is 6.83. The van der Waals surface area contributed by atoms with Crippen molar-refractivity contribution in [1.82, 2.24) is 10.2 Å². The maximum atomic E-state index is 10.7. The molecule has 1 rings (SSSR count). The van der Waals surface area contributed by atoms with Gasteiger partial charge in [-0.15, -0.1) is 0 Å². The lowest BCUT2D eigenvalue weighted by Gasteiger charge is -2.35. The standard InChI is InChI=1S/C12H24N2O/c1-3-12-7-4-5-9-14(12)10-6-8-13-11(2)15/h12H,3-10H2,1-2H3,(H,13,15). The summed E-state index contributed by atoms with van der Waals surface area (Å²) in [6.07, 6.45) is 6.43. The van der Waals surface area contributed by atoms with Crippen molar-refractivity contribution in [2.45, 2.75) is 52.0 Å². The second-order valence-electron chi connectivity index (χ2n) is 4.43. The maximum Gasteiger partial charge on any atom is 0.216 e. The predicted octanol–water partition coefficient (Wildman–Crippen LogP) is 1.78. The van der Waals surface area contributed by atoms with Crippen molar-refractivity contribution in [1.29, 1.82) is 0 Å². The van der Waals surface area contributed by atoms with Crippen LogP contribution in [0.3, 0.4) is 0 Å². The SMILES string of the molecule is CCC1CCCCN1CCCNC(C)=O. The molecule has 15 heavy (non-hydrogen) atoms. The maximum absolute atomic E-state index is 10.7. The van der Waals surface area contributed by atoms with Gasteiger partial charge in [0, 0.05) is 26.1 Å². The van der Waals surface area contributed by atoms with Gasteiger partial charge >= 0.3 is 0 Å². The molecular formula is C12H24N2O. The summed E-state index contributed by atoms with van der Waals surface area (Å²) in [6.45, 7) is 7.06. The molecule has 3 nitrogen and oxygen atoms in total. The van der Waals surface area contributed by atoms with Crippen molar-refractivity contribution < 1.29 is 4.79 Å². The minimum absolute atomic E-state index is 0.0840. The fourth-order valence-corrected chi connectivity index (χ4v) is 2.36. The van der Waals surface area contributed by atoms with Crippen molar-refractivity contribution in [3.63, 3.8) is 0 Å². The Bertz CT molecular complexity index is 194. The molecule has 3 heteroatoms. The van der Waals surface area contributed by atoms with E-state index in [9.17, 15) is 4.79 Å². The van der Waals surface area contributed by atoms with Gasteiger partial charge in [-0.25, -0.2) is 0 Å². The number of piperidine rings is 1. The molecule has 1 unspecified atom stereocenters. The van der Waals surface area contributed by atoms with Gasteiger partial charge in [-0.3, -0.25) is 4.79 Å². The van der Waals surface area contributed by atoms with E-state index in [2.05, 4.69) is 17.1 Å². The molecule has 0 aromatic heterocycles. The predicted molar refractivity (Wildman–Crippen MR) is 62.8 cm³/mol. The van der Waals surface area contributed by atoms with Crippen LogP contribution in [0.2, 0.25) is 0 Å². The van der Waals surface area contributed by atoms with Crippen LogP contribution in [-0.2, 0) is 4.79 Å². The van der Waals surface area contributed by atoms with E-state index in [-0.39, 0.29) is 5.91 Å². The van der Waals surface area contributed by atoms with Crippen molar-refractivity contribution in [2.75, 3.05) is 19.6 Å². The van der Waals surface area contributed by atoms with Crippen LogP contribution in [0, 0.1) is 0 Å². The number of carbonyl (C=O) groups is 1. The first kappa shape index (κ1) is 12.5. The molecule has 0 bridgehead atoms. The van der Waals surface area contributed by atoms with E-state index in [1.165, 1.54) is 32.2 Å². The smallest absolute Gasteiger partial charge is 0.216 e. The third-order valence-electron chi connectivity index (χ3n) is 3.22. The number of carbonyl (C=O) groups excluding carboxylic acids is 1. The number of nitrogens with one attached hydrogen (secondary N) is 1. The molecule has 1 N–H and O–H groups in total. The van der Waals surface area contributed by atoms with E-state index in [0.29, 0.717) is 0 Å². The number of amides is 1. The first-order valence-electron chi connectivity index (χ1n) is 6.22. The molecular weight excluding hydrogens is 188 g/mol. The van der Waals surface area contributed by atoms with Gasteiger partial charge in [0.25, 0.3) is 0 Å². The number of hydrogen-bond acceptors (Lipinski definition) is 2. The molecule has 1 aliphatic rings. The monoisotopic (exact) mass is 212 g/mol. The van der Waals surface area contributed by atoms with Gasteiger partial charge in [0.15, 0.2) is 0 Å². The molecule has 1 amide bonds. The van der Waals surface area contributed by atoms with Gasteiger partial charge in [-0.2, -0.15) is 0 Å². The van der Waals surface area contributed by atoms with Gasteiger partial charge in [-0.1, -0.05) is 13.3 Å². The van der Waals surface area contributed by atoms with E-state index in [0.717, 1.165) is 25.6 Å². The summed E-state index contributed by atoms with van der Waals surface area (Å²) < 4.78 is 0. The Hall–Kier alpha value is -0.570. The molecule has 0 aromatic carbocycles. The molecule has 1 heterocycles. The van der Waals surface area contributed by atoms with Crippen LogP contribution >= 0.6 is 0 Å². The highest BCUT2D eigenvalue weighted by atomic mass is 16.1. The Balaban J connectivity index is 2.15. The van der Waals surface area contributed by atoms with Gasteiger partial charge in [0.1, 0.15) is 0 Å². The highest BCUT2D eigenvalue weighted by Gasteiger charge is 2.19. The molecule has 0 spiro atoms. The van der Waals surface area contributed by atoms with E-state index < -0.39 is 0 Å². The molecule has 0 aromatic rings. The van der Waals surface area contributed by atoms with Crippen LogP contribution < -0.4 is 5.32 Å². The number of likely N-dealkylation sites (tertiary alicyclic amines) is 1. The molecule has 1 atom stereocenters. The van der Waals surface area contributed by atoms with E-state index >= 15 is 0 Å². The van der Waals surface area contributed by atoms with Gasteiger partial charge in [0.2, 0.25) is 5.91 Å². The lowest BCUT2D eigenvalue weighted by Crippen LogP contribution is -2.40. The second-order valence-corrected chi connectivity index (χ2v) is 4.43. The Kier molecular flexibility index (Phi) is 5.69. The zero-order chi connectivity index (χ0) is 11.1. The minimum atomic E-state index is 0.0840. The fourth-order valence-electron chi connectivity index (χ4n) is 2.36.